The summed E-state index contributed by atoms with van der Waals surface area (Å²) in [6, 6.07) is 16.3. The summed E-state index contributed by atoms with van der Waals surface area (Å²) in [5, 5.41) is 3.97. The van der Waals surface area contributed by atoms with Crippen LogP contribution in [0.15, 0.2) is 53.7 Å². The number of alkyl carbamates (subject to hydrolysis) is 1. The van der Waals surface area contributed by atoms with E-state index >= 15 is 0 Å². The summed E-state index contributed by atoms with van der Waals surface area (Å²) in [5.41, 5.74) is 4.48. The summed E-state index contributed by atoms with van der Waals surface area (Å²) in [7, 11) is 0. The Kier molecular flexibility index (Phi) is 4.36. The molecule has 5 nitrogen and oxygen atoms in total. The quantitative estimate of drug-likeness (QED) is 0.742. The van der Waals surface area contributed by atoms with Gasteiger partial charge in [0, 0.05) is 0 Å². The van der Waals surface area contributed by atoms with Crippen LogP contribution in [-0.2, 0) is 11.2 Å². The molecule has 128 valence electrons. The van der Waals surface area contributed by atoms with Crippen LogP contribution >= 0.6 is 11.8 Å². The Labute approximate surface area is 150 Å². The molecule has 1 aliphatic carbocycles. The number of amides is 1. The third kappa shape index (κ3) is 3.22. The van der Waals surface area contributed by atoms with E-state index < -0.39 is 0 Å². The van der Waals surface area contributed by atoms with Gasteiger partial charge in [-0.25, -0.2) is 9.78 Å². The molecule has 1 amide bonds. The molecule has 2 aromatic carbocycles. The number of nitrogens with one attached hydrogen (secondary N) is 2. The first kappa shape index (κ1) is 16.0. The van der Waals surface area contributed by atoms with Crippen LogP contribution in [-0.4, -0.2) is 28.7 Å². The van der Waals surface area contributed by atoms with Crippen molar-refractivity contribution in [1.29, 1.82) is 0 Å². The van der Waals surface area contributed by atoms with Crippen LogP contribution < -0.4 is 5.32 Å². The number of nitrogens with zero attached hydrogens (tertiary/aromatic N) is 1. The topological polar surface area (TPSA) is 67.0 Å². The first-order valence-electron chi connectivity index (χ1n) is 8.37. The molecule has 2 N–H and O–H groups in total. The molecule has 0 aliphatic heterocycles. The number of hydrogen-bond donors (Lipinski definition) is 2. The Balaban J connectivity index is 1.61. The van der Waals surface area contributed by atoms with Gasteiger partial charge >= 0.3 is 6.09 Å². The third-order valence-corrected chi connectivity index (χ3v) is 5.60. The summed E-state index contributed by atoms with van der Waals surface area (Å²) in [4.78, 5) is 19.9. The number of ether oxygens (including phenoxy) is 1. The lowest BCUT2D eigenvalue weighted by Gasteiger charge is -2.20. The average molecular weight is 353 g/mol. The molecular formula is C19H19N3O2S. The predicted octanol–water partition coefficient (Wildman–Crippen LogP) is 4.07. The van der Waals surface area contributed by atoms with E-state index in [0.717, 1.165) is 22.6 Å². The van der Waals surface area contributed by atoms with Gasteiger partial charge in [0.2, 0.25) is 0 Å². The maximum absolute atomic E-state index is 11.9. The highest BCUT2D eigenvalue weighted by atomic mass is 32.2. The minimum atomic E-state index is -0.365. The van der Waals surface area contributed by atoms with E-state index in [4.69, 9.17) is 4.74 Å². The molecule has 1 aliphatic rings. The molecule has 6 heteroatoms. The van der Waals surface area contributed by atoms with Crippen molar-refractivity contribution >= 4 is 28.9 Å². The van der Waals surface area contributed by atoms with E-state index in [2.05, 4.69) is 27.4 Å². The Bertz CT molecular complexity index is 875. The fourth-order valence-corrected chi connectivity index (χ4v) is 4.51. The van der Waals surface area contributed by atoms with Crippen molar-refractivity contribution < 1.29 is 9.53 Å². The maximum Gasteiger partial charge on any atom is 0.407 e. The number of fused-ring (bicyclic) bond motifs is 2. The zero-order valence-corrected chi connectivity index (χ0v) is 14.7. The van der Waals surface area contributed by atoms with Crippen molar-refractivity contribution in [1.82, 2.24) is 15.3 Å². The first-order chi connectivity index (χ1) is 12.2. The molecule has 25 heavy (non-hydrogen) atoms. The lowest BCUT2D eigenvalue weighted by molar-refractivity contribution is 0.148. The second-order valence-corrected chi connectivity index (χ2v) is 7.10. The third-order valence-electron chi connectivity index (χ3n) is 4.35. The van der Waals surface area contributed by atoms with Crippen LogP contribution in [0.2, 0.25) is 0 Å². The molecule has 0 saturated heterocycles. The molecule has 0 unspecified atom stereocenters. The van der Waals surface area contributed by atoms with E-state index in [0.29, 0.717) is 6.61 Å². The number of H-pyrrole nitrogens is 1. The zero-order chi connectivity index (χ0) is 17.2. The lowest BCUT2D eigenvalue weighted by atomic mass is 10.1. The van der Waals surface area contributed by atoms with Gasteiger partial charge in [-0.3, -0.25) is 0 Å². The van der Waals surface area contributed by atoms with Crippen molar-refractivity contribution in [2.24, 2.45) is 0 Å². The Morgan fingerprint density at radius 2 is 2.08 bits per heavy atom. The number of carbonyl (C=O) groups is 1. The smallest absolute Gasteiger partial charge is 0.407 e. The van der Waals surface area contributed by atoms with Crippen molar-refractivity contribution in [3.63, 3.8) is 0 Å². The summed E-state index contributed by atoms with van der Waals surface area (Å²) in [6.45, 7) is 2.18. The highest BCUT2D eigenvalue weighted by Gasteiger charge is 2.35. The van der Waals surface area contributed by atoms with Crippen molar-refractivity contribution in [2.45, 2.75) is 29.8 Å². The second kappa shape index (κ2) is 6.80. The van der Waals surface area contributed by atoms with Crippen LogP contribution in [0.3, 0.4) is 0 Å². The fraction of sp³-hybridized carbons (Fsp3) is 0.263. The molecule has 3 aromatic rings. The number of aromatic amines is 1. The van der Waals surface area contributed by atoms with Gasteiger partial charge in [-0.2, -0.15) is 0 Å². The molecule has 0 bridgehead atoms. The number of rotatable bonds is 4. The normalized spacial score (nSPS) is 18.9. The van der Waals surface area contributed by atoms with Gasteiger partial charge in [-0.15, -0.1) is 0 Å². The zero-order valence-electron chi connectivity index (χ0n) is 13.9. The summed E-state index contributed by atoms with van der Waals surface area (Å²) in [6.07, 6.45) is 0.433. The Morgan fingerprint density at radius 3 is 2.92 bits per heavy atom. The maximum atomic E-state index is 11.9. The molecule has 0 fully saturated rings. The molecule has 2 atom stereocenters. The number of aromatic nitrogens is 2. The number of benzene rings is 2. The fourth-order valence-electron chi connectivity index (χ4n) is 3.26. The summed E-state index contributed by atoms with van der Waals surface area (Å²) < 4.78 is 5.07. The standard InChI is InChI=1S/C19H19N3O2S/c1-2-24-19(23)22-16-11-12-7-3-4-8-13(12)17(16)25-18-20-14-9-5-6-10-15(14)21-18/h3-10,16-17H,2,11H2,1H3,(H,20,21)(H,22,23)/t16-,17-/m1/s1. The first-order valence-corrected chi connectivity index (χ1v) is 9.25. The number of imidazole rings is 1. The Hall–Kier alpha value is -2.47. The van der Waals surface area contributed by atoms with E-state index in [1.54, 1.807) is 11.8 Å². The minimum absolute atomic E-state index is 0.0188. The molecule has 1 heterocycles. The van der Waals surface area contributed by atoms with Crippen LogP contribution in [0, 0.1) is 0 Å². The van der Waals surface area contributed by atoms with Gasteiger partial charge in [0.1, 0.15) is 0 Å². The Morgan fingerprint density at radius 1 is 1.28 bits per heavy atom. The van der Waals surface area contributed by atoms with Gasteiger partial charge in [-0.05, 0) is 36.6 Å². The average Bonchev–Trinajstić information content (AvgIpc) is 3.17. The van der Waals surface area contributed by atoms with Crippen LogP contribution in [0.5, 0.6) is 0 Å². The van der Waals surface area contributed by atoms with Gasteiger partial charge in [-0.1, -0.05) is 48.2 Å². The molecule has 0 spiro atoms. The summed E-state index contributed by atoms with van der Waals surface area (Å²) >= 11 is 1.65. The van der Waals surface area contributed by atoms with Gasteiger partial charge in [0.05, 0.1) is 28.9 Å². The van der Waals surface area contributed by atoms with Crippen molar-refractivity contribution in [2.75, 3.05) is 6.61 Å². The van der Waals surface area contributed by atoms with Gasteiger partial charge in [0.15, 0.2) is 5.16 Å². The largest absolute Gasteiger partial charge is 0.450 e. The molecular weight excluding hydrogens is 334 g/mol. The van der Waals surface area contributed by atoms with Crippen molar-refractivity contribution in [3.05, 3.63) is 59.7 Å². The van der Waals surface area contributed by atoms with Crippen molar-refractivity contribution in [3.8, 4) is 0 Å². The predicted molar refractivity (Wildman–Crippen MR) is 98.8 cm³/mol. The molecule has 4 rings (SSSR count). The molecule has 0 saturated carbocycles. The van der Waals surface area contributed by atoms with Crippen LogP contribution in [0.25, 0.3) is 11.0 Å². The highest BCUT2D eigenvalue weighted by Crippen LogP contribution is 2.44. The minimum Gasteiger partial charge on any atom is -0.450 e. The van der Waals surface area contributed by atoms with Crippen LogP contribution in [0.1, 0.15) is 23.3 Å². The van der Waals surface area contributed by atoms with Gasteiger partial charge in [0.25, 0.3) is 0 Å². The van der Waals surface area contributed by atoms with Crippen LogP contribution in [0.4, 0.5) is 4.79 Å². The number of thioether (sulfide) groups is 1. The summed E-state index contributed by atoms with van der Waals surface area (Å²) in [5.74, 6) is 0. The monoisotopic (exact) mass is 353 g/mol. The highest BCUT2D eigenvalue weighted by molar-refractivity contribution is 7.99. The molecule has 0 radical (unpaired) electrons. The SMILES string of the molecule is CCOC(=O)N[C@@H]1Cc2ccccc2[C@H]1Sc1nc2ccccc2[nH]1. The number of hydrogen-bond acceptors (Lipinski definition) is 4. The number of para-hydroxylation sites is 2. The van der Waals surface area contributed by atoms with E-state index in [1.807, 2.05) is 43.3 Å². The lowest BCUT2D eigenvalue weighted by Crippen LogP contribution is -2.37. The molecule has 1 aromatic heterocycles. The van der Waals surface area contributed by atoms with E-state index in [9.17, 15) is 4.79 Å². The second-order valence-electron chi connectivity index (χ2n) is 5.97. The number of carbonyl (C=O) groups excluding carboxylic acids is 1. The van der Waals surface area contributed by atoms with E-state index in [-0.39, 0.29) is 17.4 Å². The van der Waals surface area contributed by atoms with E-state index in [1.165, 1.54) is 11.1 Å². The van der Waals surface area contributed by atoms with Gasteiger partial charge < -0.3 is 15.0 Å².